The zero-order valence-electron chi connectivity index (χ0n) is 14.3. The van der Waals surface area contributed by atoms with E-state index >= 15 is 0 Å². The molecule has 0 fully saturated rings. The van der Waals surface area contributed by atoms with E-state index in [4.69, 9.17) is 5.84 Å². The first-order chi connectivity index (χ1) is 12.4. The molecule has 0 aliphatic heterocycles. The van der Waals surface area contributed by atoms with E-state index in [1.165, 1.54) is 28.6 Å². The van der Waals surface area contributed by atoms with Crippen molar-refractivity contribution in [3.05, 3.63) is 59.9 Å². The quantitative estimate of drug-likeness (QED) is 0.531. The fourth-order valence-corrected chi connectivity index (χ4v) is 3.10. The Hall–Kier alpha value is -2.87. The predicted molar refractivity (Wildman–Crippen MR) is 101 cm³/mol. The molecule has 1 amide bonds. The van der Waals surface area contributed by atoms with E-state index in [9.17, 15) is 9.18 Å². The van der Waals surface area contributed by atoms with Crippen LogP contribution in [0.15, 0.2) is 53.7 Å². The van der Waals surface area contributed by atoms with Crippen LogP contribution < -0.4 is 11.2 Å². The zero-order valence-corrected chi connectivity index (χ0v) is 15.1. The number of halogens is 1. The molecule has 3 N–H and O–H groups in total. The lowest BCUT2D eigenvalue weighted by atomic mass is 10.2. The van der Waals surface area contributed by atoms with E-state index in [1.54, 1.807) is 19.1 Å². The molecule has 1 aromatic heterocycles. The summed E-state index contributed by atoms with van der Waals surface area (Å²) in [5.41, 5.74) is 2.45. The number of amides is 1. The van der Waals surface area contributed by atoms with Gasteiger partial charge in [0, 0.05) is 11.3 Å². The number of nitrogens with one attached hydrogen (secondary N) is 1. The number of rotatable bonds is 5. The number of carbonyl (C=O) groups is 1. The van der Waals surface area contributed by atoms with Gasteiger partial charge in [0.15, 0.2) is 5.82 Å². The lowest BCUT2D eigenvalue weighted by Crippen LogP contribution is -2.23. The van der Waals surface area contributed by atoms with E-state index in [0.29, 0.717) is 16.5 Å². The van der Waals surface area contributed by atoms with Gasteiger partial charge in [0.05, 0.1) is 5.25 Å². The summed E-state index contributed by atoms with van der Waals surface area (Å²) >= 11 is 1.20. The average molecular weight is 371 g/mol. The number of nitrogen functional groups attached to an aromatic ring is 1. The lowest BCUT2D eigenvalue weighted by molar-refractivity contribution is -0.115. The first kappa shape index (κ1) is 17.9. The number of carbonyl (C=O) groups excluding carboxylic acids is 1. The molecule has 0 aliphatic rings. The fourth-order valence-electron chi connectivity index (χ4n) is 2.33. The Labute approximate surface area is 154 Å². The van der Waals surface area contributed by atoms with Crippen LogP contribution in [0, 0.1) is 12.7 Å². The van der Waals surface area contributed by atoms with Crippen LogP contribution in [-0.4, -0.2) is 26.0 Å². The molecule has 0 spiro atoms. The maximum atomic E-state index is 13.1. The number of benzene rings is 2. The van der Waals surface area contributed by atoms with Gasteiger partial charge in [0.25, 0.3) is 0 Å². The molecule has 8 heteroatoms. The Bertz CT molecular complexity index is 926. The van der Waals surface area contributed by atoms with Gasteiger partial charge in [0.2, 0.25) is 11.1 Å². The third-order valence-electron chi connectivity index (χ3n) is 3.70. The van der Waals surface area contributed by atoms with Crippen LogP contribution in [-0.2, 0) is 4.79 Å². The molecule has 0 bridgehead atoms. The molecule has 26 heavy (non-hydrogen) atoms. The molecule has 0 aliphatic carbocycles. The number of aromatic nitrogens is 3. The third-order valence-corrected chi connectivity index (χ3v) is 4.76. The Kier molecular flexibility index (Phi) is 5.22. The van der Waals surface area contributed by atoms with Crippen molar-refractivity contribution in [2.24, 2.45) is 0 Å². The van der Waals surface area contributed by atoms with Crippen molar-refractivity contribution < 1.29 is 9.18 Å². The summed E-state index contributed by atoms with van der Waals surface area (Å²) in [4.78, 5) is 12.4. The molecule has 3 rings (SSSR count). The van der Waals surface area contributed by atoms with Gasteiger partial charge in [-0.15, -0.1) is 10.2 Å². The lowest BCUT2D eigenvalue weighted by Gasteiger charge is -2.12. The molecule has 0 radical (unpaired) electrons. The minimum absolute atomic E-state index is 0.160. The van der Waals surface area contributed by atoms with E-state index in [-0.39, 0.29) is 11.7 Å². The van der Waals surface area contributed by atoms with Gasteiger partial charge in [-0.3, -0.25) is 4.79 Å². The van der Waals surface area contributed by atoms with E-state index in [0.717, 1.165) is 11.3 Å². The van der Waals surface area contributed by atoms with Gasteiger partial charge in [-0.05, 0) is 55.8 Å². The minimum atomic E-state index is -0.428. The van der Waals surface area contributed by atoms with Gasteiger partial charge < -0.3 is 11.2 Å². The van der Waals surface area contributed by atoms with Crippen LogP contribution in [0.2, 0.25) is 0 Å². The van der Waals surface area contributed by atoms with Crippen molar-refractivity contribution in [1.82, 2.24) is 14.9 Å². The summed E-state index contributed by atoms with van der Waals surface area (Å²) in [6.07, 6.45) is 0. The number of nitrogens with two attached hydrogens (primary N) is 1. The number of anilines is 1. The van der Waals surface area contributed by atoms with Crippen molar-refractivity contribution in [2.75, 3.05) is 11.2 Å². The summed E-state index contributed by atoms with van der Waals surface area (Å²) in [6.45, 7) is 3.73. The molecule has 0 saturated carbocycles. The van der Waals surface area contributed by atoms with Crippen molar-refractivity contribution >= 4 is 23.4 Å². The molecule has 0 unspecified atom stereocenters. The molecule has 1 heterocycles. The fraction of sp³-hybridized carbons (Fsp3) is 0.167. The highest BCUT2D eigenvalue weighted by molar-refractivity contribution is 8.00. The van der Waals surface area contributed by atoms with Crippen LogP contribution in [0.1, 0.15) is 12.5 Å². The number of nitrogens with zero attached hydrogens (tertiary/aromatic N) is 3. The molecular weight excluding hydrogens is 353 g/mol. The smallest absolute Gasteiger partial charge is 0.237 e. The highest BCUT2D eigenvalue weighted by atomic mass is 32.2. The first-order valence-electron chi connectivity index (χ1n) is 7.94. The largest absolute Gasteiger partial charge is 0.335 e. The normalized spacial score (nSPS) is 12.0. The van der Waals surface area contributed by atoms with Gasteiger partial charge in [-0.25, -0.2) is 9.07 Å². The van der Waals surface area contributed by atoms with Crippen LogP contribution in [0.5, 0.6) is 0 Å². The Balaban J connectivity index is 1.70. The average Bonchev–Trinajstić information content (AvgIpc) is 2.96. The Morgan fingerprint density at radius 1 is 1.23 bits per heavy atom. The SMILES string of the molecule is Cc1cccc(NC(=O)[C@H](C)Sc2nnc(-c3ccc(F)cc3)n2N)c1. The zero-order chi connectivity index (χ0) is 18.7. The van der Waals surface area contributed by atoms with Crippen molar-refractivity contribution in [1.29, 1.82) is 0 Å². The molecular formula is C18H18FN5OS. The van der Waals surface area contributed by atoms with Crippen LogP contribution in [0.4, 0.5) is 10.1 Å². The molecule has 3 aromatic rings. The summed E-state index contributed by atoms with van der Waals surface area (Å²) in [5.74, 6) is 5.94. The van der Waals surface area contributed by atoms with E-state index in [2.05, 4.69) is 15.5 Å². The van der Waals surface area contributed by atoms with Gasteiger partial charge in [-0.1, -0.05) is 23.9 Å². The summed E-state index contributed by atoms with van der Waals surface area (Å²) in [5, 5.41) is 10.9. The van der Waals surface area contributed by atoms with Gasteiger partial charge >= 0.3 is 0 Å². The number of thioether (sulfide) groups is 1. The first-order valence-corrected chi connectivity index (χ1v) is 8.82. The molecule has 6 nitrogen and oxygen atoms in total. The standard InChI is InChI=1S/C18H18FN5OS/c1-11-4-3-5-15(10-11)21-17(25)12(2)26-18-23-22-16(24(18)20)13-6-8-14(19)9-7-13/h3-10,12H,20H2,1-2H3,(H,21,25)/t12-/m0/s1. The molecule has 0 saturated heterocycles. The highest BCUT2D eigenvalue weighted by Crippen LogP contribution is 2.25. The van der Waals surface area contributed by atoms with E-state index in [1.807, 2.05) is 31.2 Å². The van der Waals surface area contributed by atoms with Gasteiger partial charge in [0.1, 0.15) is 5.82 Å². The Morgan fingerprint density at radius 2 is 1.96 bits per heavy atom. The van der Waals surface area contributed by atoms with Crippen LogP contribution >= 0.6 is 11.8 Å². The third kappa shape index (κ3) is 4.02. The maximum Gasteiger partial charge on any atom is 0.237 e. The second-order valence-corrected chi connectivity index (χ2v) is 7.11. The monoisotopic (exact) mass is 371 g/mol. The van der Waals surface area contributed by atoms with Crippen LogP contribution in [0.25, 0.3) is 11.4 Å². The molecule has 2 aromatic carbocycles. The second-order valence-electron chi connectivity index (χ2n) is 5.80. The summed E-state index contributed by atoms with van der Waals surface area (Å²) in [7, 11) is 0. The maximum absolute atomic E-state index is 13.1. The minimum Gasteiger partial charge on any atom is -0.335 e. The summed E-state index contributed by atoms with van der Waals surface area (Å²) in [6, 6.07) is 13.4. The highest BCUT2D eigenvalue weighted by Gasteiger charge is 2.20. The number of aryl methyl sites for hydroxylation is 1. The number of hydrogen-bond donors (Lipinski definition) is 2. The molecule has 1 atom stereocenters. The second kappa shape index (κ2) is 7.57. The Morgan fingerprint density at radius 3 is 2.65 bits per heavy atom. The van der Waals surface area contributed by atoms with Crippen molar-refractivity contribution in [3.8, 4) is 11.4 Å². The van der Waals surface area contributed by atoms with Crippen LogP contribution in [0.3, 0.4) is 0 Å². The topological polar surface area (TPSA) is 85.8 Å². The van der Waals surface area contributed by atoms with Crippen molar-refractivity contribution in [2.45, 2.75) is 24.3 Å². The van der Waals surface area contributed by atoms with E-state index < -0.39 is 5.25 Å². The van der Waals surface area contributed by atoms with Gasteiger partial charge in [-0.2, -0.15) is 0 Å². The predicted octanol–water partition coefficient (Wildman–Crippen LogP) is 3.23. The summed E-state index contributed by atoms with van der Waals surface area (Å²) < 4.78 is 14.4. The molecule has 134 valence electrons. The van der Waals surface area contributed by atoms with Crippen molar-refractivity contribution in [3.63, 3.8) is 0 Å². The number of hydrogen-bond acceptors (Lipinski definition) is 5.